The number of hydrogen-bond acceptors (Lipinski definition) is 6. The first-order chi connectivity index (χ1) is 18.9. The molecule has 4 aromatic rings. The van der Waals surface area contributed by atoms with Crippen LogP contribution in [0.15, 0.2) is 30.3 Å². The van der Waals surface area contributed by atoms with Crippen LogP contribution in [-0.4, -0.2) is 75.4 Å². The lowest BCUT2D eigenvalue weighted by atomic mass is 9.98. The average Bonchev–Trinajstić information content (AvgIpc) is 3.56. The largest absolute Gasteiger partial charge is 0.494 e. The van der Waals surface area contributed by atoms with Crippen LogP contribution in [0.3, 0.4) is 0 Å². The van der Waals surface area contributed by atoms with E-state index >= 15 is 0 Å². The van der Waals surface area contributed by atoms with Crippen molar-refractivity contribution in [2.45, 2.75) is 43.9 Å². The van der Waals surface area contributed by atoms with E-state index < -0.39 is 6.17 Å². The Morgan fingerprint density at radius 3 is 2.69 bits per heavy atom. The number of aryl methyl sites for hydroxylation is 1. The summed E-state index contributed by atoms with van der Waals surface area (Å²) in [6.45, 7) is 3.22. The molecule has 204 valence electrons. The molecular weight excluding hydrogens is 497 g/mol. The highest BCUT2D eigenvalue weighted by Crippen LogP contribution is 2.38. The molecule has 1 aromatic carbocycles. The highest BCUT2D eigenvalue weighted by Gasteiger charge is 2.31. The molecule has 2 atom stereocenters. The van der Waals surface area contributed by atoms with Crippen molar-refractivity contribution in [3.05, 3.63) is 41.6 Å². The Bertz CT molecular complexity index is 1580. The number of nitrogens with zero attached hydrogens (tertiary/aromatic N) is 5. The molecule has 9 nitrogen and oxygen atoms in total. The van der Waals surface area contributed by atoms with Crippen molar-refractivity contribution in [3.8, 4) is 17.3 Å². The molecular formula is C29H34FN7O2. The molecule has 3 aliphatic rings. The zero-order chi connectivity index (χ0) is 26.8. The van der Waals surface area contributed by atoms with Crippen LogP contribution >= 0.6 is 0 Å². The summed E-state index contributed by atoms with van der Waals surface area (Å²) < 4.78 is 24.3. The van der Waals surface area contributed by atoms with Crippen LogP contribution < -0.4 is 15.8 Å². The number of piperidine rings is 1. The number of amides is 1. The normalized spacial score (nSPS) is 22.0. The van der Waals surface area contributed by atoms with Crippen molar-refractivity contribution in [1.82, 2.24) is 29.3 Å². The number of nitrogens with two attached hydrogens (primary N) is 1. The van der Waals surface area contributed by atoms with Gasteiger partial charge in [-0.25, -0.2) is 14.4 Å². The molecule has 7 rings (SSSR count). The van der Waals surface area contributed by atoms with Crippen LogP contribution in [0, 0.1) is 5.92 Å². The predicted molar refractivity (Wildman–Crippen MR) is 148 cm³/mol. The summed E-state index contributed by atoms with van der Waals surface area (Å²) in [5.41, 5.74) is 11.0. The van der Waals surface area contributed by atoms with E-state index in [1.54, 1.807) is 19.2 Å². The summed E-state index contributed by atoms with van der Waals surface area (Å²) in [5, 5.41) is 4.44. The van der Waals surface area contributed by atoms with E-state index in [1.807, 2.05) is 11.6 Å². The number of methoxy groups -OCH3 is 1. The molecule has 0 bridgehead atoms. The highest BCUT2D eigenvalue weighted by atomic mass is 19.1. The Morgan fingerprint density at radius 2 is 2.00 bits per heavy atom. The molecule has 1 saturated carbocycles. The lowest BCUT2D eigenvalue weighted by molar-refractivity contribution is 0.0606. The van der Waals surface area contributed by atoms with E-state index in [-0.39, 0.29) is 24.9 Å². The minimum Gasteiger partial charge on any atom is -0.494 e. The SMILES string of the molecule is COc1cc(C(=O)N2C[C@H](N)C[C@@H](F)C2)cc2nc(-c3cc4ccc(C5CNC5)nc4n3CC3CC3)n(C)c12. The van der Waals surface area contributed by atoms with Gasteiger partial charge in [-0.1, -0.05) is 0 Å². The minimum atomic E-state index is -1.12. The van der Waals surface area contributed by atoms with Crippen molar-refractivity contribution < 1.29 is 13.9 Å². The molecule has 39 heavy (non-hydrogen) atoms. The van der Waals surface area contributed by atoms with Gasteiger partial charge in [0.05, 0.1) is 24.9 Å². The number of likely N-dealkylation sites (tertiary alicyclic amines) is 1. The number of ether oxygens (including phenoxy) is 1. The summed E-state index contributed by atoms with van der Waals surface area (Å²) in [6.07, 6.45) is 1.62. The summed E-state index contributed by atoms with van der Waals surface area (Å²) in [5.74, 6) is 2.20. The summed E-state index contributed by atoms with van der Waals surface area (Å²) >= 11 is 0. The molecule has 0 unspecified atom stereocenters. The molecule has 3 aromatic heterocycles. The van der Waals surface area contributed by atoms with E-state index in [2.05, 4.69) is 28.1 Å². The topological polar surface area (TPSA) is 103 Å². The number of nitrogens with one attached hydrogen (secondary N) is 1. The number of aromatic nitrogens is 4. The highest BCUT2D eigenvalue weighted by molar-refractivity contribution is 6.00. The van der Waals surface area contributed by atoms with Crippen LogP contribution in [0.25, 0.3) is 33.6 Å². The van der Waals surface area contributed by atoms with E-state index in [1.165, 1.54) is 17.7 Å². The predicted octanol–water partition coefficient (Wildman–Crippen LogP) is 3.21. The molecule has 1 amide bonds. The molecule has 3 N–H and O–H groups in total. The van der Waals surface area contributed by atoms with Crippen LogP contribution in [0.4, 0.5) is 4.39 Å². The standard InChI is InChI=1S/C29H34FN7O2/c1-35-26-23(7-18(9-25(26)39-2)29(38)36-14-20(30)10-21(31)15-36)34-28(35)24-8-17-5-6-22(19-11-32-12-19)33-27(17)37(24)13-16-3-4-16/h5-9,16,19-21,32H,3-4,10-15,31H2,1-2H3/t20-,21-/m1/s1. The van der Waals surface area contributed by atoms with Gasteiger partial charge in [0.2, 0.25) is 0 Å². The Kier molecular flexibility index (Phi) is 5.85. The maximum atomic E-state index is 14.2. The number of rotatable bonds is 6. The zero-order valence-electron chi connectivity index (χ0n) is 22.4. The maximum Gasteiger partial charge on any atom is 0.254 e. The second kappa shape index (κ2) is 9.31. The Hall–Kier alpha value is -3.50. The van der Waals surface area contributed by atoms with Gasteiger partial charge in [0, 0.05) is 61.8 Å². The van der Waals surface area contributed by atoms with Gasteiger partial charge in [0.1, 0.15) is 23.1 Å². The molecule has 2 saturated heterocycles. The van der Waals surface area contributed by atoms with E-state index in [4.69, 9.17) is 20.4 Å². The smallest absolute Gasteiger partial charge is 0.254 e. The summed E-state index contributed by atoms with van der Waals surface area (Å²) in [7, 11) is 3.57. The Morgan fingerprint density at radius 1 is 1.18 bits per heavy atom. The minimum absolute atomic E-state index is 0.0491. The first-order valence-corrected chi connectivity index (χ1v) is 13.8. The monoisotopic (exact) mass is 531 g/mol. The second-order valence-electron chi connectivity index (χ2n) is 11.4. The third-order valence-corrected chi connectivity index (χ3v) is 8.45. The number of carbonyl (C=O) groups is 1. The zero-order valence-corrected chi connectivity index (χ0v) is 22.4. The Labute approximate surface area is 226 Å². The molecule has 1 aliphatic carbocycles. The van der Waals surface area contributed by atoms with Gasteiger partial charge in [0.15, 0.2) is 5.82 Å². The van der Waals surface area contributed by atoms with Gasteiger partial charge in [0.25, 0.3) is 5.91 Å². The fourth-order valence-corrected chi connectivity index (χ4v) is 6.04. The number of hydrogen-bond donors (Lipinski definition) is 2. The molecule has 10 heteroatoms. The number of carbonyl (C=O) groups excluding carboxylic acids is 1. The van der Waals surface area contributed by atoms with Gasteiger partial charge in [-0.2, -0.15) is 0 Å². The number of pyridine rings is 1. The maximum absolute atomic E-state index is 14.2. The van der Waals surface area contributed by atoms with Crippen molar-refractivity contribution in [2.75, 3.05) is 33.3 Å². The fraction of sp³-hybridized carbons (Fsp3) is 0.483. The average molecular weight is 532 g/mol. The van der Waals surface area contributed by atoms with Crippen molar-refractivity contribution in [1.29, 1.82) is 0 Å². The molecule has 3 fully saturated rings. The van der Waals surface area contributed by atoms with Gasteiger partial charge in [-0.15, -0.1) is 0 Å². The van der Waals surface area contributed by atoms with Crippen LogP contribution in [-0.2, 0) is 13.6 Å². The van der Waals surface area contributed by atoms with Gasteiger partial charge >= 0.3 is 0 Å². The molecule has 0 spiro atoms. The van der Waals surface area contributed by atoms with Crippen LogP contribution in [0.5, 0.6) is 5.75 Å². The molecule has 5 heterocycles. The first-order valence-electron chi connectivity index (χ1n) is 13.8. The van der Waals surface area contributed by atoms with E-state index in [9.17, 15) is 9.18 Å². The van der Waals surface area contributed by atoms with Crippen LogP contribution in [0.2, 0.25) is 0 Å². The van der Waals surface area contributed by atoms with Crippen molar-refractivity contribution in [3.63, 3.8) is 0 Å². The van der Waals surface area contributed by atoms with Crippen LogP contribution in [0.1, 0.15) is 41.2 Å². The third-order valence-electron chi connectivity index (χ3n) is 8.45. The van der Waals surface area contributed by atoms with E-state index in [0.717, 1.165) is 53.4 Å². The van der Waals surface area contributed by atoms with E-state index in [0.29, 0.717) is 35.2 Å². The van der Waals surface area contributed by atoms with Crippen molar-refractivity contribution >= 4 is 28.0 Å². The number of benzene rings is 1. The quantitative estimate of drug-likeness (QED) is 0.396. The first kappa shape index (κ1) is 24.5. The van der Waals surface area contributed by atoms with Gasteiger partial charge < -0.3 is 29.8 Å². The number of halogens is 1. The molecule has 0 radical (unpaired) electrons. The van der Waals surface area contributed by atoms with Crippen molar-refractivity contribution in [2.24, 2.45) is 18.7 Å². The molecule has 2 aliphatic heterocycles. The fourth-order valence-electron chi connectivity index (χ4n) is 6.04. The Balaban J connectivity index is 1.33. The number of alkyl halides is 1. The lowest BCUT2D eigenvalue weighted by Crippen LogP contribution is -2.50. The number of imidazole rings is 1. The number of fused-ring (bicyclic) bond motifs is 2. The second-order valence-corrected chi connectivity index (χ2v) is 11.4. The summed E-state index contributed by atoms with van der Waals surface area (Å²) in [4.78, 5) is 25.0. The lowest BCUT2D eigenvalue weighted by Gasteiger charge is -2.33. The third kappa shape index (κ3) is 4.26. The summed E-state index contributed by atoms with van der Waals surface area (Å²) in [6, 6.07) is 9.62. The van der Waals surface area contributed by atoms with Gasteiger partial charge in [-0.05, 0) is 55.5 Å². The van der Waals surface area contributed by atoms with Gasteiger partial charge in [-0.3, -0.25) is 4.79 Å².